The Balaban J connectivity index is 1.79. The summed E-state index contributed by atoms with van der Waals surface area (Å²) in [4.78, 5) is 40.4. The summed E-state index contributed by atoms with van der Waals surface area (Å²) in [6, 6.07) is 11.6. The Morgan fingerprint density at radius 2 is 1.89 bits per heavy atom. The third-order valence-corrected chi connectivity index (χ3v) is 4.18. The standard InChI is InChI=1S/C19H14N4O4/c20-17-16-12(18(25)22-19(16)26)8-15(24)23(17)13-5-1-2-6-14(13)27-10-11-4-3-7-21-9-11/h1-9H,10,20H2,(H,22,25,26). The number of fused-ring (bicyclic) bond motifs is 1. The van der Waals surface area contributed by atoms with Crippen LogP contribution in [0.2, 0.25) is 0 Å². The number of hydrogen-bond acceptors (Lipinski definition) is 6. The van der Waals surface area contributed by atoms with E-state index >= 15 is 0 Å². The molecule has 3 aromatic rings. The molecule has 0 saturated heterocycles. The van der Waals surface area contributed by atoms with Gasteiger partial charge in [-0.05, 0) is 18.2 Å². The van der Waals surface area contributed by atoms with E-state index in [1.807, 2.05) is 6.07 Å². The normalized spacial score (nSPS) is 12.6. The lowest BCUT2D eigenvalue weighted by molar-refractivity contribution is 0.0880. The number of hydrogen-bond donors (Lipinski definition) is 2. The van der Waals surface area contributed by atoms with Gasteiger partial charge in [0.2, 0.25) is 0 Å². The number of nitrogens with two attached hydrogens (primary N) is 1. The second kappa shape index (κ2) is 6.41. The van der Waals surface area contributed by atoms with Crippen LogP contribution in [0.5, 0.6) is 5.75 Å². The highest BCUT2D eigenvalue weighted by Gasteiger charge is 2.32. The smallest absolute Gasteiger partial charge is 0.262 e. The maximum absolute atomic E-state index is 12.6. The van der Waals surface area contributed by atoms with Crippen molar-refractivity contribution >= 4 is 17.6 Å². The summed E-state index contributed by atoms with van der Waals surface area (Å²) in [5.74, 6) is -0.972. The maximum Gasteiger partial charge on any atom is 0.262 e. The van der Waals surface area contributed by atoms with Crippen LogP contribution < -0.4 is 21.3 Å². The third kappa shape index (κ3) is 2.82. The Morgan fingerprint density at radius 3 is 2.67 bits per heavy atom. The molecule has 0 radical (unpaired) electrons. The van der Waals surface area contributed by atoms with Crippen molar-refractivity contribution in [3.05, 3.63) is 81.9 Å². The van der Waals surface area contributed by atoms with Crippen LogP contribution in [0.1, 0.15) is 26.3 Å². The topological polar surface area (TPSA) is 116 Å². The molecule has 2 amide bonds. The van der Waals surface area contributed by atoms with Crippen LogP contribution in [0.3, 0.4) is 0 Å². The van der Waals surface area contributed by atoms with Crippen molar-refractivity contribution in [3.63, 3.8) is 0 Å². The van der Waals surface area contributed by atoms with Crippen LogP contribution in [0, 0.1) is 0 Å². The number of nitrogen functional groups attached to an aromatic ring is 1. The van der Waals surface area contributed by atoms with Crippen LogP contribution in [0.4, 0.5) is 5.82 Å². The van der Waals surface area contributed by atoms with Crippen LogP contribution in [0.15, 0.2) is 59.7 Å². The van der Waals surface area contributed by atoms with Crippen molar-refractivity contribution in [2.45, 2.75) is 6.61 Å². The first-order valence-corrected chi connectivity index (χ1v) is 8.08. The molecule has 8 nitrogen and oxygen atoms in total. The number of aromatic nitrogens is 2. The molecule has 27 heavy (non-hydrogen) atoms. The zero-order valence-electron chi connectivity index (χ0n) is 14.0. The van der Waals surface area contributed by atoms with Crippen molar-refractivity contribution in [2.75, 3.05) is 5.73 Å². The number of ether oxygens (including phenoxy) is 1. The van der Waals surface area contributed by atoms with E-state index in [1.165, 1.54) is 0 Å². The molecular formula is C19H14N4O4. The summed E-state index contributed by atoms with van der Waals surface area (Å²) in [7, 11) is 0. The van der Waals surface area contributed by atoms with Gasteiger partial charge >= 0.3 is 0 Å². The predicted octanol–water partition coefficient (Wildman–Crippen LogP) is 1.28. The Labute approximate surface area is 153 Å². The van der Waals surface area contributed by atoms with Gasteiger partial charge in [0.05, 0.1) is 16.8 Å². The largest absolute Gasteiger partial charge is 0.487 e. The number of nitrogens with zero attached hydrogens (tertiary/aromatic N) is 2. The number of benzene rings is 1. The minimum atomic E-state index is -0.632. The van der Waals surface area contributed by atoms with Gasteiger partial charge in [-0.15, -0.1) is 0 Å². The van der Waals surface area contributed by atoms with E-state index < -0.39 is 17.4 Å². The summed E-state index contributed by atoms with van der Waals surface area (Å²) in [6.07, 6.45) is 3.34. The van der Waals surface area contributed by atoms with Crippen LogP contribution in [-0.4, -0.2) is 21.4 Å². The summed E-state index contributed by atoms with van der Waals surface area (Å²) in [5, 5.41) is 2.14. The number of carbonyl (C=O) groups excluding carboxylic acids is 2. The van der Waals surface area contributed by atoms with Gasteiger partial charge in [0.15, 0.2) is 0 Å². The molecule has 3 N–H and O–H groups in total. The maximum atomic E-state index is 12.6. The average Bonchev–Trinajstić information content (AvgIpc) is 2.95. The van der Waals surface area contributed by atoms with E-state index in [2.05, 4.69) is 10.3 Å². The summed E-state index contributed by atoms with van der Waals surface area (Å²) in [5.41, 5.74) is 6.74. The monoisotopic (exact) mass is 362 g/mol. The number of pyridine rings is 2. The highest BCUT2D eigenvalue weighted by molar-refractivity contribution is 6.23. The molecule has 2 aromatic heterocycles. The van der Waals surface area contributed by atoms with E-state index in [1.54, 1.807) is 42.7 Å². The minimum absolute atomic E-state index is 0.0123. The zero-order valence-corrected chi connectivity index (χ0v) is 14.0. The molecule has 134 valence electrons. The van der Waals surface area contributed by atoms with Crippen molar-refractivity contribution in [1.29, 1.82) is 0 Å². The summed E-state index contributed by atoms with van der Waals surface area (Å²) < 4.78 is 6.99. The molecule has 4 rings (SSSR count). The third-order valence-electron chi connectivity index (χ3n) is 4.18. The number of imide groups is 1. The fraction of sp³-hybridized carbons (Fsp3) is 0.0526. The van der Waals surface area contributed by atoms with E-state index in [4.69, 9.17) is 10.5 Å². The van der Waals surface area contributed by atoms with Crippen molar-refractivity contribution in [3.8, 4) is 11.4 Å². The van der Waals surface area contributed by atoms with E-state index in [9.17, 15) is 14.4 Å². The fourth-order valence-electron chi connectivity index (χ4n) is 2.94. The SMILES string of the molecule is Nc1c2c(cc(=O)n1-c1ccccc1OCc1cccnc1)C(=O)NC2=O. The van der Waals surface area contributed by atoms with Crippen molar-refractivity contribution in [1.82, 2.24) is 14.9 Å². The Bertz CT molecular complexity index is 1120. The highest BCUT2D eigenvalue weighted by atomic mass is 16.5. The molecule has 1 aliphatic heterocycles. The predicted molar refractivity (Wildman–Crippen MR) is 96.8 cm³/mol. The molecule has 0 atom stereocenters. The summed E-state index contributed by atoms with van der Waals surface area (Å²) >= 11 is 0. The van der Waals surface area contributed by atoms with E-state index in [0.717, 1.165) is 16.2 Å². The number of carbonyl (C=O) groups is 2. The fourth-order valence-corrected chi connectivity index (χ4v) is 2.94. The zero-order chi connectivity index (χ0) is 19.0. The molecule has 0 spiro atoms. The van der Waals surface area contributed by atoms with E-state index in [0.29, 0.717) is 11.4 Å². The molecule has 3 heterocycles. The molecule has 1 aliphatic rings. The molecule has 8 heteroatoms. The lowest BCUT2D eigenvalue weighted by Gasteiger charge is -2.16. The Kier molecular flexibility index (Phi) is 3.92. The van der Waals surface area contributed by atoms with Gasteiger partial charge in [0.25, 0.3) is 17.4 Å². The Morgan fingerprint density at radius 1 is 1.07 bits per heavy atom. The first kappa shape index (κ1) is 16.5. The van der Waals surface area contributed by atoms with Crippen LogP contribution in [-0.2, 0) is 6.61 Å². The Hall–Kier alpha value is -3.94. The number of para-hydroxylation sites is 2. The average molecular weight is 362 g/mol. The highest BCUT2D eigenvalue weighted by Crippen LogP contribution is 2.28. The van der Waals surface area contributed by atoms with Gasteiger partial charge < -0.3 is 10.5 Å². The quantitative estimate of drug-likeness (QED) is 0.675. The minimum Gasteiger partial charge on any atom is -0.487 e. The molecular weight excluding hydrogens is 348 g/mol. The van der Waals surface area contributed by atoms with Gasteiger partial charge in [-0.2, -0.15) is 0 Å². The molecule has 0 saturated carbocycles. The van der Waals surface area contributed by atoms with E-state index in [-0.39, 0.29) is 23.6 Å². The van der Waals surface area contributed by atoms with Gasteiger partial charge in [0, 0.05) is 24.0 Å². The molecule has 0 unspecified atom stereocenters. The summed E-state index contributed by atoms with van der Waals surface area (Å²) in [6.45, 7) is 0.240. The number of anilines is 1. The number of nitrogens with one attached hydrogen (secondary N) is 1. The van der Waals surface area contributed by atoms with Crippen molar-refractivity contribution < 1.29 is 14.3 Å². The molecule has 0 aliphatic carbocycles. The second-order valence-electron chi connectivity index (χ2n) is 5.89. The van der Waals surface area contributed by atoms with Crippen molar-refractivity contribution in [2.24, 2.45) is 0 Å². The lowest BCUT2D eigenvalue weighted by Crippen LogP contribution is -2.24. The molecule has 1 aromatic carbocycles. The first-order chi connectivity index (χ1) is 13.1. The lowest BCUT2D eigenvalue weighted by atomic mass is 10.1. The van der Waals surface area contributed by atoms with Crippen LogP contribution >= 0.6 is 0 Å². The first-order valence-electron chi connectivity index (χ1n) is 8.08. The molecule has 0 bridgehead atoms. The number of amides is 2. The van der Waals surface area contributed by atoms with Gasteiger partial charge in [-0.25, -0.2) is 0 Å². The van der Waals surface area contributed by atoms with Gasteiger partial charge in [-0.1, -0.05) is 18.2 Å². The molecule has 0 fully saturated rings. The van der Waals surface area contributed by atoms with Gasteiger partial charge in [-0.3, -0.25) is 29.3 Å². The van der Waals surface area contributed by atoms with Gasteiger partial charge in [0.1, 0.15) is 18.2 Å². The van der Waals surface area contributed by atoms with Crippen LogP contribution in [0.25, 0.3) is 5.69 Å². The number of rotatable bonds is 4. The second-order valence-corrected chi connectivity index (χ2v) is 5.89.